The molecule has 0 atom stereocenters. The fourth-order valence-electron chi connectivity index (χ4n) is 1.43. The lowest BCUT2D eigenvalue weighted by atomic mass is 10.1. The Morgan fingerprint density at radius 2 is 2.29 bits per heavy atom. The molecule has 0 bridgehead atoms. The van der Waals surface area contributed by atoms with Crippen LogP contribution in [0.1, 0.15) is 23.3 Å². The first-order valence-corrected chi connectivity index (χ1v) is 4.65. The summed E-state index contributed by atoms with van der Waals surface area (Å²) < 4.78 is 9.78. The van der Waals surface area contributed by atoms with Crippen molar-refractivity contribution in [3.8, 4) is 0 Å². The third-order valence-electron chi connectivity index (χ3n) is 2.23. The molecule has 14 heavy (non-hydrogen) atoms. The topological polar surface area (TPSA) is 64.4 Å². The Labute approximate surface area is 81.4 Å². The first-order chi connectivity index (χ1) is 6.86. The van der Waals surface area contributed by atoms with Gasteiger partial charge in [0.05, 0.1) is 0 Å². The van der Waals surface area contributed by atoms with Gasteiger partial charge in [0, 0.05) is 25.3 Å². The van der Waals surface area contributed by atoms with Gasteiger partial charge in [-0.15, -0.1) is 0 Å². The van der Waals surface area contributed by atoms with E-state index in [0.29, 0.717) is 18.9 Å². The lowest BCUT2D eigenvalue weighted by Gasteiger charge is -2.22. The average Bonchev–Trinajstić information content (AvgIpc) is 2.72. The van der Waals surface area contributed by atoms with Crippen LogP contribution >= 0.6 is 0 Å². The van der Waals surface area contributed by atoms with Crippen LogP contribution in [0.4, 0.5) is 0 Å². The predicted octanol–water partition coefficient (Wildman–Crippen LogP) is 0.583. The number of hydrogen-bond acceptors (Lipinski definition) is 4. The summed E-state index contributed by atoms with van der Waals surface area (Å²) in [4.78, 5) is 11.5. The lowest BCUT2D eigenvalue weighted by Crippen LogP contribution is -2.39. The summed E-state index contributed by atoms with van der Waals surface area (Å²) in [5.41, 5.74) is 0.330. The Bertz CT molecular complexity index is 291. The zero-order chi connectivity index (χ0) is 9.80. The van der Waals surface area contributed by atoms with Gasteiger partial charge < -0.3 is 14.6 Å². The van der Waals surface area contributed by atoms with E-state index in [1.165, 1.54) is 6.26 Å². The van der Waals surface area contributed by atoms with Gasteiger partial charge >= 0.3 is 0 Å². The lowest BCUT2D eigenvalue weighted by molar-refractivity contribution is 0.0692. The number of nitrogens with one attached hydrogen (secondary N) is 1. The van der Waals surface area contributed by atoms with E-state index in [-0.39, 0.29) is 11.9 Å². The van der Waals surface area contributed by atoms with Crippen LogP contribution in [-0.4, -0.2) is 30.3 Å². The van der Waals surface area contributed by atoms with E-state index < -0.39 is 0 Å². The van der Waals surface area contributed by atoms with Gasteiger partial charge in [0.1, 0.15) is 6.26 Å². The van der Waals surface area contributed by atoms with E-state index in [0.717, 1.165) is 12.8 Å². The smallest absolute Gasteiger partial charge is 0.273 e. The monoisotopic (exact) mass is 196 g/mol. The predicted molar refractivity (Wildman–Crippen MR) is 47.8 cm³/mol. The third-order valence-corrected chi connectivity index (χ3v) is 2.23. The Hall–Kier alpha value is -1.36. The maximum Gasteiger partial charge on any atom is 0.273 e. The fourth-order valence-corrected chi connectivity index (χ4v) is 1.43. The van der Waals surface area contributed by atoms with E-state index in [9.17, 15) is 4.79 Å². The summed E-state index contributed by atoms with van der Waals surface area (Å²) >= 11 is 0. The molecule has 1 fully saturated rings. The largest absolute Gasteiger partial charge is 0.381 e. The van der Waals surface area contributed by atoms with Crippen LogP contribution in [0.3, 0.4) is 0 Å². The molecule has 1 N–H and O–H groups in total. The quantitative estimate of drug-likeness (QED) is 0.751. The van der Waals surface area contributed by atoms with Gasteiger partial charge in [-0.05, 0) is 12.8 Å². The first-order valence-electron chi connectivity index (χ1n) is 4.65. The molecule has 0 aliphatic carbocycles. The summed E-state index contributed by atoms with van der Waals surface area (Å²) in [5.74, 6) is -0.175. The summed E-state index contributed by atoms with van der Waals surface area (Å²) in [6.45, 7) is 1.42. The Morgan fingerprint density at radius 3 is 2.93 bits per heavy atom. The van der Waals surface area contributed by atoms with Crippen molar-refractivity contribution in [3.05, 3.63) is 18.0 Å². The minimum absolute atomic E-state index is 0.175. The van der Waals surface area contributed by atoms with E-state index in [2.05, 4.69) is 15.0 Å². The number of hydrogen-bond donors (Lipinski definition) is 1. The molecular weight excluding hydrogens is 184 g/mol. The number of carbonyl (C=O) groups excluding carboxylic acids is 1. The molecule has 2 rings (SSSR count). The molecule has 5 heteroatoms. The summed E-state index contributed by atoms with van der Waals surface area (Å²) in [5, 5.41) is 6.44. The van der Waals surface area contributed by atoms with Crippen LogP contribution in [-0.2, 0) is 4.74 Å². The van der Waals surface area contributed by atoms with Crippen LogP contribution in [0.15, 0.2) is 16.9 Å². The second kappa shape index (κ2) is 4.23. The zero-order valence-electron chi connectivity index (χ0n) is 7.73. The van der Waals surface area contributed by atoms with Gasteiger partial charge in [-0.1, -0.05) is 5.16 Å². The molecule has 0 unspecified atom stereocenters. The second-order valence-electron chi connectivity index (χ2n) is 3.24. The number of rotatable bonds is 2. The molecule has 0 saturated carbocycles. The highest BCUT2D eigenvalue weighted by atomic mass is 16.5. The Morgan fingerprint density at radius 1 is 1.50 bits per heavy atom. The minimum Gasteiger partial charge on any atom is -0.381 e. The Kier molecular flexibility index (Phi) is 2.78. The molecule has 1 saturated heterocycles. The molecule has 5 nitrogen and oxygen atoms in total. The zero-order valence-corrected chi connectivity index (χ0v) is 7.73. The van der Waals surface area contributed by atoms with Crippen molar-refractivity contribution in [2.24, 2.45) is 0 Å². The molecule has 0 radical (unpaired) electrons. The first kappa shape index (κ1) is 9.21. The maximum atomic E-state index is 11.5. The van der Waals surface area contributed by atoms with Crippen molar-refractivity contribution >= 4 is 5.91 Å². The highest BCUT2D eigenvalue weighted by Gasteiger charge is 2.17. The van der Waals surface area contributed by atoms with Crippen molar-refractivity contribution in [1.29, 1.82) is 0 Å². The van der Waals surface area contributed by atoms with Crippen molar-refractivity contribution in [2.75, 3.05) is 13.2 Å². The molecule has 1 aliphatic rings. The molecule has 0 spiro atoms. The molecule has 0 aromatic carbocycles. The number of ether oxygens (including phenoxy) is 1. The molecule has 76 valence electrons. The van der Waals surface area contributed by atoms with Crippen LogP contribution in [0, 0.1) is 0 Å². The third kappa shape index (κ3) is 2.11. The SMILES string of the molecule is O=C(NC1CCOCC1)c1ccon1. The van der Waals surface area contributed by atoms with E-state index >= 15 is 0 Å². The molecular formula is C9H12N2O3. The van der Waals surface area contributed by atoms with Crippen molar-refractivity contribution < 1.29 is 14.1 Å². The number of nitrogens with zero attached hydrogens (tertiary/aromatic N) is 1. The van der Waals surface area contributed by atoms with Crippen LogP contribution in [0.2, 0.25) is 0 Å². The molecule has 1 aromatic rings. The summed E-state index contributed by atoms with van der Waals surface area (Å²) in [7, 11) is 0. The summed E-state index contributed by atoms with van der Waals surface area (Å²) in [6.07, 6.45) is 3.12. The van der Waals surface area contributed by atoms with Gasteiger partial charge in [-0.2, -0.15) is 0 Å². The molecule has 1 aliphatic heterocycles. The highest BCUT2D eigenvalue weighted by Crippen LogP contribution is 2.07. The van der Waals surface area contributed by atoms with Gasteiger partial charge in [0.25, 0.3) is 5.91 Å². The maximum absolute atomic E-state index is 11.5. The fraction of sp³-hybridized carbons (Fsp3) is 0.556. The summed E-state index contributed by atoms with van der Waals surface area (Å²) in [6, 6.07) is 1.75. The Balaban J connectivity index is 1.87. The number of amides is 1. The van der Waals surface area contributed by atoms with Crippen LogP contribution < -0.4 is 5.32 Å². The number of aromatic nitrogens is 1. The molecule has 1 amide bonds. The van der Waals surface area contributed by atoms with Gasteiger partial charge in [-0.25, -0.2) is 0 Å². The van der Waals surface area contributed by atoms with E-state index in [4.69, 9.17) is 4.74 Å². The van der Waals surface area contributed by atoms with Gasteiger partial charge in [0.2, 0.25) is 0 Å². The highest BCUT2D eigenvalue weighted by molar-refractivity contribution is 5.92. The van der Waals surface area contributed by atoms with Crippen molar-refractivity contribution in [3.63, 3.8) is 0 Å². The van der Waals surface area contributed by atoms with Crippen LogP contribution in [0.25, 0.3) is 0 Å². The second-order valence-corrected chi connectivity index (χ2v) is 3.24. The van der Waals surface area contributed by atoms with Gasteiger partial charge in [-0.3, -0.25) is 4.79 Å². The van der Waals surface area contributed by atoms with E-state index in [1.54, 1.807) is 6.07 Å². The van der Waals surface area contributed by atoms with E-state index in [1.807, 2.05) is 0 Å². The average molecular weight is 196 g/mol. The molecule has 2 heterocycles. The minimum atomic E-state index is -0.175. The van der Waals surface area contributed by atoms with Crippen molar-refractivity contribution in [2.45, 2.75) is 18.9 Å². The van der Waals surface area contributed by atoms with Crippen LogP contribution in [0.5, 0.6) is 0 Å². The van der Waals surface area contributed by atoms with Crippen molar-refractivity contribution in [1.82, 2.24) is 10.5 Å². The molecule has 1 aromatic heterocycles. The normalized spacial score (nSPS) is 18.0. The number of carbonyl (C=O) groups is 1. The van der Waals surface area contributed by atoms with Gasteiger partial charge in [0.15, 0.2) is 5.69 Å². The standard InChI is InChI=1S/C9H12N2O3/c12-9(8-3-6-14-11-8)10-7-1-4-13-5-2-7/h3,6-7H,1-2,4-5H2,(H,10,12).